The lowest BCUT2D eigenvalue weighted by Crippen LogP contribution is -2.34. The monoisotopic (exact) mass is 558 g/mol. The molecule has 1 amide bonds. The van der Waals surface area contributed by atoms with E-state index < -0.39 is 10.8 Å². The third-order valence-electron chi connectivity index (χ3n) is 7.75. The molecule has 2 atom stereocenters. The molecule has 1 aromatic heterocycles. The number of aromatic nitrogens is 1. The van der Waals surface area contributed by atoms with E-state index in [1.54, 1.807) is 24.3 Å². The number of hydrogen-bond donors (Lipinski definition) is 1. The van der Waals surface area contributed by atoms with Crippen molar-refractivity contribution in [1.82, 2.24) is 14.8 Å². The van der Waals surface area contributed by atoms with Crippen LogP contribution in [0, 0.1) is 15.9 Å². The lowest BCUT2D eigenvalue weighted by atomic mass is 9.87. The fraction of sp³-hybridized carbons (Fsp3) is 0.364. The number of rotatable bonds is 14. The zero-order valence-electron chi connectivity index (χ0n) is 24.1. The van der Waals surface area contributed by atoms with Crippen LogP contribution in [0.1, 0.15) is 62.6 Å². The lowest BCUT2D eigenvalue weighted by molar-refractivity contribution is -0.384. The van der Waals surface area contributed by atoms with Crippen molar-refractivity contribution in [2.75, 3.05) is 19.6 Å². The van der Waals surface area contributed by atoms with E-state index in [4.69, 9.17) is 0 Å². The summed E-state index contributed by atoms with van der Waals surface area (Å²) in [5.41, 5.74) is 3.49. The van der Waals surface area contributed by atoms with Crippen LogP contribution in [0.5, 0.6) is 0 Å². The Morgan fingerprint density at radius 1 is 1.05 bits per heavy atom. The van der Waals surface area contributed by atoms with Crippen LogP contribution in [-0.2, 0) is 11.3 Å². The van der Waals surface area contributed by atoms with Gasteiger partial charge in [-0.25, -0.2) is 4.39 Å². The van der Waals surface area contributed by atoms with Crippen LogP contribution >= 0.6 is 0 Å². The number of halogens is 1. The van der Waals surface area contributed by atoms with Crippen LogP contribution in [0.2, 0.25) is 0 Å². The summed E-state index contributed by atoms with van der Waals surface area (Å²) in [5, 5.41) is 15.5. The second-order valence-electron chi connectivity index (χ2n) is 10.6. The molecule has 0 radical (unpaired) electrons. The molecule has 1 N–H and O–H groups in total. The average molecular weight is 559 g/mol. The molecule has 0 saturated heterocycles. The summed E-state index contributed by atoms with van der Waals surface area (Å²) in [7, 11) is 0. The molecule has 0 aliphatic rings. The standard InChI is InChI=1S/C33H39FN4O3/c1-4-36(5-2)19-9-10-24(3)35-33(39)21-29(26-13-15-27(34)16-14-26)31-23-37(22-25-11-7-6-8-12-25)32-18-17-28(38(40)41)20-30(31)32/h6-8,11-18,20,23-24,29H,4-5,9-10,19,21-22H2,1-3H3,(H,35,39)/t24-,29-/m0/s1. The predicted molar refractivity (Wildman–Crippen MR) is 162 cm³/mol. The van der Waals surface area contributed by atoms with E-state index >= 15 is 0 Å². The first kappa shape index (κ1) is 29.9. The molecule has 0 fully saturated rings. The first-order chi connectivity index (χ1) is 19.8. The van der Waals surface area contributed by atoms with Gasteiger partial charge >= 0.3 is 0 Å². The maximum Gasteiger partial charge on any atom is 0.270 e. The minimum Gasteiger partial charge on any atom is -0.354 e. The number of carbonyl (C=O) groups excluding carboxylic acids is 1. The molecule has 4 aromatic rings. The molecule has 8 heteroatoms. The van der Waals surface area contributed by atoms with Crippen molar-refractivity contribution in [1.29, 1.82) is 0 Å². The molecule has 0 aliphatic carbocycles. The van der Waals surface area contributed by atoms with Gasteiger partial charge in [0.25, 0.3) is 5.69 Å². The highest BCUT2D eigenvalue weighted by Gasteiger charge is 2.25. The van der Waals surface area contributed by atoms with Crippen LogP contribution in [-0.4, -0.2) is 46.0 Å². The first-order valence-corrected chi connectivity index (χ1v) is 14.4. The molecule has 216 valence electrons. The third kappa shape index (κ3) is 7.79. The minimum atomic E-state index is -0.417. The second kappa shape index (κ2) is 14.0. The van der Waals surface area contributed by atoms with Crippen LogP contribution in [0.4, 0.5) is 10.1 Å². The quantitative estimate of drug-likeness (QED) is 0.135. The maximum atomic E-state index is 13.9. The fourth-order valence-corrected chi connectivity index (χ4v) is 5.47. The molecular weight excluding hydrogens is 519 g/mol. The zero-order chi connectivity index (χ0) is 29.4. The van der Waals surface area contributed by atoms with Gasteiger partial charge in [0.05, 0.1) is 4.92 Å². The summed E-state index contributed by atoms with van der Waals surface area (Å²) in [6.45, 7) is 9.89. The molecule has 3 aromatic carbocycles. The van der Waals surface area contributed by atoms with Gasteiger partial charge in [0.1, 0.15) is 5.82 Å². The normalized spacial score (nSPS) is 12.9. The van der Waals surface area contributed by atoms with Crippen molar-refractivity contribution in [2.24, 2.45) is 0 Å². The molecule has 41 heavy (non-hydrogen) atoms. The van der Waals surface area contributed by atoms with Crippen LogP contribution in [0.3, 0.4) is 0 Å². The number of carbonyl (C=O) groups is 1. The van der Waals surface area contributed by atoms with E-state index in [2.05, 4.69) is 28.6 Å². The Labute approximate surface area is 241 Å². The highest BCUT2D eigenvalue weighted by molar-refractivity contribution is 5.88. The van der Waals surface area contributed by atoms with Gasteiger partial charge in [-0.2, -0.15) is 0 Å². The Balaban J connectivity index is 1.66. The van der Waals surface area contributed by atoms with Gasteiger partial charge in [-0.1, -0.05) is 56.3 Å². The van der Waals surface area contributed by atoms with E-state index in [1.807, 2.05) is 43.5 Å². The summed E-state index contributed by atoms with van der Waals surface area (Å²) in [4.78, 5) is 27.0. The van der Waals surface area contributed by atoms with Crippen LogP contribution < -0.4 is 5.32 Å². The van der Waals surface area contributed by atoms with Gasteiger partial charge in [-0.05, 0) is 74.3 Å². The topological polar surface area (TPSA) is 80.4 Å². The fourth-order valence-electron chi connectivity index (χ4n) is 5.47. The number of nitrogens with zero attached hydrogens (tertiary/aromatic N) is 3. The zero-order valence-corrected chi connectivity index (χ0v) is 24.1. The van der Waals surface area contributed by atoms with Crippen molar-refractivity contribution in [3.63, 3.8) is 0 Å². The van der Waals surface area contributed by atoms with Crippen LogP contribution in [0.15, 0.2) is 79.0 Å². The van der Waals surface area contributed by atoms with E-state index in [0.717, 1.165) is 54.7 Å². The summed E-state index contributed by atoms with van der Waals surface area (Å²) in [6.07, 6.45) is 3.97. The number of nitrogens with one attached hydrogen (secondary N) is 1. The Hall–Kier alpha value is -4.04. The number of hydrogen-bond acceptors (Lipinski definition) is 4. The first-order valence-electron chi connectivity index (χ1n) is 14.4. The largest absolute Gasteiger partial charge is 0.354 e. The molecular formula is C33H39FN4O3. The van der Waals surface area contributed by atoms with Crippen molar-refractivity contribution < 1.29 is 14.1 Å². The third-order valence-corrected chi connectivity index (χ3v) is 7.75. The number of fused-ring (bicyclic) bond motifs is 1. The van der Waals surface area contributed by atoms with Crippen molar-refractivity contribution in [2.45, 2.75) is 58.5 Å². The Morgan fingerprint density at radius 3 is 2.41 bits per heavy atom. The number of nitro groups is 1. The van der Waals surface area contributed by atoms with Gasteiger partial charge in [-0.15, -0.1) is 0 Å². The van der Waals surface area contributed by atoms with Crippen molar-refractivity contribution in [3.8, 4) is 0 Å². The highest BCUT2D eigenvalue weighted by Crippen LogP contribution is 2.37. The van der Waals surface area contributed by atoms with Crippen LogP contribution in [0.25, 0.3) is 10.9 Å². The minimum absolute atomic E-state index is 0.00689. The smallest absolute Gasteiger partial charge is 0.270 e. The predicted octanol–water partition coefficient (Wildman–Crippen LogP) is 6.89. The Kier molecular flexibility index (Phi) is 10.2. The average Bonchev–Trinajstić information content (AvgIpc) is 3.32. The van der Waals surface area contributed by atoms with E-state index in [1.165, 1.54) is 18.2 Å². The Morgan fingerprint density at radius 2 is 1.76 bits per heavy atom. The summed E-state index contributed by atoms with van der Waals surface area (Å²) in [6, 6.07) is 21.0. The highest BCUT2D eigenvalue weighted by atomic mass is 19.1. The van der Waals surface area contributed by atoms with Gasteiger partial charge in [0.2, 0.25) is 5.91 Å². The van der Waals surface area contributed by atoms with Crippen molar-refractivity contribution >= 4 is 22.5 Å². The second-order valence-corrected chi connectivity index (χ2v) is 10.6. The van der Waals surface area contributed by atoms with E-state index in [-0.39, 0.29) is 29.9 Å². The Bertz CT molecular complexity index is 1450. The van der Waals surface area contributed by atoms with Gasteiger partial charge in [0.15, 0.2) is 0 Å². The summed E-state index contributed by atoms with van der Waals surface area (Å²) in [5.74, 6) is -0.884. The molecule has 7 nitrogen and oxygen atoms in total. The molecule has 0 unspecified atom stereocenters. The number of non-ortho nitro benzene ring substituents is 1. The lowest BCUT2D eigenvalue weighted by Gasteiger charge is -2.21. The van der Waals surface area contributed by atoms with E-state index in [0.29, 0.717) is 11.9 Å². The molecule has 1 heterocycles. The summed E-state index contributed by atoms with van der Waals surface area (Å²) >= 11 is 0. The molecule has 0 bridgehead atoms. The maximum absolute atomic E-state index is 13.9. The number of nitro benzene ring substituents is 1. The van der Waals surface area contributed by atoms with E-state index in [9.17, 15) is 19.3 Å². The van der Waals surface area contributed by atoms with Crippen molar-refractivity contribution in [3.05, 3.63) is 112 Å². The van der Waals surface area contributed by atoms with Gasteiger partial charge in [-0.3, -0.25) is 14.9 Å². The number of benzene rings is 3. The molecule has 0 aliphatic heterocycles. The SMILES string of the molecule is CCN(CC)CCC[C@H](C)NC(=O)C[C@@H](c1ccc(F)cc1)c1cn(Cc2ccccc2)c2ccc([N+](=O)[O-])cc12. The molecule has 0 saturated carbocycles. The van der Waals surface area contributed by atoms with Gasteiger partial charge in [0, 0.05) is 54.2 Å². The summed E-state index contributed by atoms with van der Waals surface area (Å²) < 4.78 is 16.0. The molecule has 4 rings (SSSR count). The molecule has 0 spiro atoms. The van der Waals surface area contributed by atoms with Gasteiger partial charge < -0.3 is 14.8 Å². The number of amides is 1.